The molecule has 104 valence electrons. The average Bonchev–Trinajstić information content (AvgIpc) is 2.39. The lowest BCUT2D eigenvalue weighted by molar-refractivity contribution is 0.395. The molecule has 0 aliphatic carbocycles. The van der Waals surface area contributed by atoms with Gasteiger partial charge < -0.3 is 9.79 Å². The standard InChI is InChI=1S/C14H19O3PS/c1-3-19(4-2,18(15,16)17)14-10-9-12-7-5-6-8-13(12)11-14/h5-11H,3-4H2,1-2H3,(H2,15,16,17). The van der Waals surface area contributed by atoms with Crippen LogP contribution < -0.4 is 0 Å². The molecule has 2 aromatic rings. The van der Waals surface area contributed by atoms with Crippen molar-refractivity contribution in [3.63, 3.8) is 0 Å². The lowest BCUT2D eigenvalue weighted by atomic mass is 10.1. The molecule has 2 aromatic carbocycles. The maximum atomic E-state index is 12.0. The van der Waals surface area contributed by atoms with Crippen LogP contribution in [-0.4, -0.2) is 21.3 Å². The Kier molecular flexibility index (Phi) is 4.07. The van der Waals surface area contributed by atoms with Crippen LogP contribution in [0.1, 0.15) is 13.8 Å². The third kappa shape index (κ3) is 2.46. The molecule has 0 saturated heterocycles. The minimum absolute atomic E-state index is 0.506. The highest BCUT2D eigenvalue weighted by atomic mass is 32.8. The van der Waals surface area contributed by atoms with Crippen molar-refractivity contribution in [1.29, 1.82) is 0 Å². The zero-order chi connectivity index (χ0) is 14.1. The highest BCUT2D eigenvalue weighted by Gasteiger charge is 2.39. The topological polar surface area (TPSA) is 57.5 Å². The molecule has 0 saturated carbocycles. The van der Waals surface area contributed by atoms with Crippen molar-refractivity contribution in [2.24, 2.45) is 0 Å². The molecule has 0 heterocycles. The Labute approximate surface area is 114 Å². The zero-order valence-electron chi connectivity index (χ0n) is 11.1. The highest BCUT2D eigenvalue weighted by Crippen LogP contribution is 2.80. The van der Waals surface area contributed by atoms with Crippen molar-refractivity contribution in [2.45, 2.75) is 18.7 Å². The normalized spacial score (nSPS) is 13.7. The van der Waals surface area contributed by atoms with E-state index < -0.39 is 16.4 Å². The molecule has 3 nitrogen and oxygen atoms in total. The van der Waals surface area contributed by atoms with E-state index in [2.05, 4.69) is 0 Å². The lowest BCUT2D eigenvalue weighted by Gasteiger charge is -2.38. The summed E-state index contributed by atoms with van der Waals surface area (Å²) in [7, 11) is -2.09. The summed E-state index contributed by atoms with van der Waals surface area (Å²) in [6.45, 7) is -0.387. The lowest BCUT2D eigenvalue weighted by Crippen LogP contribution is -2.07. The smallest absolute Gasteiger partial charge is 0.317 e. The molecule has 19 heavy (non-hydrogen) atoms. The van der Waals surface area contributed by atoms with E-state index in [9.17, 15) is 14.4 Å². The van der Waals surface area contributed by atoms with E-state index in [-0.39, 0.29) is 0 Å². The van der Waals surface area contributed by atoms with Crippen molar-refractivity contribution < 1.29 is 14.4 Å². The van der Waals surface area contributed by atoms with E-state index in [1.54, 1.807) is 0 Å². The van der Waals surface area contributed by atoms with E-state index >= 15 is 0 Å². The summed E-state index contributed by atoms with van der Waals surface area (Å²) in [5, 5.41) is 2.13. The van der Waals surface area contributed by atoms with E-state index in [0.29, 0.717) is 11.5 Å². The number of hydrogen-bond donors (Lipinski definition) is 2. The first-order chi connectivity index (χ1) is 8.94. The number of fused-ring (bicyclic) bond motifs is 1. The Bertz CT molecular complexity index is 631. The molecule has 2 rings (SSSR count). The second-order valence-corrected chi connectivity index (χ2v) is 12.2. The Morgan fingerprint density at radius 2 is 1.58 bits per heavy atom. The van der Waals surface area contributed by atoms with Crippen LogP contribution in [0.4, 0.5) is 0 Å². The summed E-state index contributed by atoms with van der Waals surface area (Å²) >= 11 is 0. The van der Waals surface area contributed by atoms with Crippen LogP contribution in [0, 0.1) is 0 Å². The molecule has 0 aromatic heterocycles. The van der Waals surface area contributed by atoms with Gasteiger partial charge in [0.25, 0.3) is 0 Å². The Morgan fingerprint density at radius 1 is 1.00 bits per heavy atom. The maximum Gasteiger partial charge on any atom is 0.370 e. The number of hydrogen-bond acceptors (Lipinski definition) is 1. The largest absolute Gasteiger partial charge is 0.370 e. The van der Waals surface area contributed by atoms with Crippen LogP contribution in [0.2, 0.25) is 0 Å². The molecule has 0 unspecified atom stereocenters. The van der Waals surface area contributed by atoms with E-state index in [1.807, 2.05) is 56.3 Å². The fourth-order valence-electron chi connectivity index (χ4n) is 2.41. The molecule has 2 N–H and O–H groups in total. The quantitative estimate of drug-likeness (QED) is 0.834. The summed E-state index contributed by atoms with van der Waals surface area (Å²) < 4.78 is 12.0. The van der Waals surface area contributed by atoms with Gasteiger partial charge in [-0.3, -0.25) is 0 Å². The first kappa shape index (κ1) is 14.6. The van der Waals surface area contributed by atoms with Crippen LogP contribution in [0.25, 0.3) is 10.8 Å². The van der Waals surface area contributed by atoms with Crippen LogP contribution in [0.5, 0.6) is 0 Å². The van der Waals surface area contributed by atoms with E-state index in [4.69, 9.17) is 0 Å². The van der Waals surface area contributed by atoms with Gasteiger partial charge in [0.05, 0.1) is 0 Å². The molecule has 5 heteroatoms. The Morgan fingerprint density at radius 3 is 2.11 bits per heavy atom. The predicted octanol–water partition coefficient (Wildman–Crippen LogP) is 4.14. The minimum atomic E-state index is -4.12. The first-order valence-corrected chi connectivity index (χ1v) is 10.5. The predicted molar refractivity (Wildman–Crippen MR) is 82.9 cm³/mol. The maximum absolute atomic E-state index is 12.0. The van der Waals surface area contributed by atoms with E-state index in [0.717, 1.165) is 15.7 Å². The fraction of sp³-hybridized carbons (Fsp3) is 0.286. The zero-order valence-corrected chi connectivity index (χ0v) is 12.8. The van der Waals surface area contributed by atoms with Gasteiger partial charge in [0.15, 0.2) is 0 Å². The molecule has 0 spiro atoms. The molecule has 0 bridgehead atoms. The Hall–Kier alpha value is -0.800. The van der Waals surface area contributed by atoms with Gasteiger partial charge in [0.2, 0.25) is 0 Å². The second-order valence-electron chi connectivity index (χ2n) is 4.42. The summed E-state index contributed by atoms with van der Waals surface area (Å²) in [5.41, 5.74) is 0. The summed E-state index contributed by atoms with van der Waals surface area (Å²) in [4.78, 5) is 20.4. The number of rotatable bonds is 4. The molecular formula is C14H19O3PS. The van der Waals surface area contributed by atoms with Gasteiger partial charge >= 0.3 is 6.80 Å². The second kappa shape index (κ2) is 5.29. The van der Waals surface area contributed by atoms with Gasteiger partial charge in [-0.2, -0.15) is 0 Å². The SMILES string of the molecule is CCS(CC)(c1ccc2ccccc2c1)P(=O)(O)O. The van der Waals surface area contributed by atoms with Gasteiger partial charge in [-0.15, -0.1) is 9.65 Å². The van der Waals surface area contributed by atoms with E-state index in [1.165, 1.54) is 0 Å². The number of benzene rings is 2. The van der Waals surface area contributed by atoms with Crippen LogP contribution in [0.3, 0.4) is 0 Å². The third-order valence-corrected chi connectivity index (χ3v) is 12.4. The third-order valence-electron chi connectivity index (χ3n) is 3.57. The van der Waals surface area contributed by atoms with Crippen molar-refractivity contribution in [1.82, 2.24) is 0 Å². The van der Waals surface area contributed by atoms with Crippen molar-refractivity contribution >= 4 is 27.2 Å². The molecule has 0 radical (unpaired) electrons. The van der Waals surface area contributed by atoms with Gasteiger partial charge in [0.1, 0.15) is 0 Å². The van der Waals surface area contributed by atoms with Crippen LogP contribution in [-0.2, 0) is 4.57 Å². The van der Waals surface area contributed by atoms with Crippen molar-refractivity contribution in [3.8, 4) is 0 Å². The molecular weight excluding hydrogens is 279 g/mol. The van der Waals surface area contributed by atoms with Crippen LogP contribution in [0.15, 0.2) is 47.4 Å². The van der Waals surface area contributed by atoms with Crippen LogP contribution >= 0.6 is 16.4 Å². The van der Waals surface area contributed by atoms with Gasteiger partial charge in [0, 0.05) is 4.90 Å². The average molecular weight is 298 g/mol. The fourth-order valence-corrected chi connectivity index (χ4v) is 8.29. The molecule has 0 aliphatic heterocycles. The molecule has 0 atom stereocenters. The summed E-state index contributed by atoms with van der Waals surface area (Å²) in [6, 6.07) is 13.7. The summed E-state index contributed by atoms with van der Waals surface area (Å²) in [6.07, 6.45) is 0. The molecule has 0 aliphatic rings. The van der Waals surface area contributed by atoms with Crippen molar-refractivity contribution in [3.05, 3.63) is 42.5 Å². The highest BCUT2D eigenvalue weighted by molar-refractivity contribution is 8.76. The summed E-state index contributed by atoms with van der Waals surface area (Å²) in [5.74, 6) is 1.01. The first-order valence-electron chi connectivity index (χ1n) is 6.28. The van der Waals surface area contributed by atoms with Gasteiger partial charge in [-0.1, -0.05) is 44.2 Å². The van der Waals surface area contributed by atoms with Gasteiger partial charge in [-0.05, 0) is 34.4 Å². The Balaban J connectivity index is 2.66. The van der Waals surface area contributed by atoms with Crippen molar-refractivity contribution in [2.75, 3.05) is 11.5 Å². The van der Waals surface area contributed by atoms with Gasteiger partial charge in [-0.25, -0.2) is 4.57 Å². The minimum Gasteiger partial charge on any atom is -0.317 e. The monoisotopic (exact) mass is 298 g/mol. The molecule has 0 amide bonds. The molecule has 0 fully saturated rings.